The van der Waals surface area contributed by atoms with Crippen LogP contribution in [0.25, 0.3) is 106 Å². The third-order valence-electron chi connectivity index (χ3n) is 10.7. The Bertz CT molecular complexity index is 3200. The van der Waals surface area contributed by atoms with Crippen molar-refractivity contribution in [2.75, 3.05) is 0 Å². The van der Waals surface area contributed by atoms with Gasteiger partial charge in [0.2, 0.25) is 0 Å². The smallest absolute Gasteiger partial charge is 0.164 e. The number of benzene rings is 8. The van der Waals surface area contributed by atoms with Gasteiger partial charge in [0, 0.05) is 43.9 Å². The first-order valence-corrected chi connectivity index (χ1v) is 18.8. The molecular weight excluding hydrogens is 685 g/mol. The van der Waals surface area contributed by atoms with Gasteiger partial charge in [0.25, 0.3) is 0 Å². The number of hydrogen-bond donors (Lipinski definition) is 0. The summed E-state index contributed by atoms with van der Waals surface area (Å²) >= 11 is 0. The van der Waals surface area contributed by atoms with Gasteiger partial charge in [-0.05, 0) is 64.7 Å². The average molecular weight is 717 g/mol. The lowest BCUT2D eigenvalue weighted by Gasteiger charge is -2.09. The number of nitrogens with zero attached hydrogens (tertiary/aromatic N) is 4. The molecule has 0 fully saturated rings. The van der Waals surface area contributed by atoms with Crippen molar-refractivity contribution in [3.63, 3.8) is 0 Å². The molecule has 5 nitrogen and oxygen atoms in total. The lowest BCUT2D eigenvalue weighted by Crippen LogP contribution is -2.00. The van der Waals surface area contributed by atoms with Crippen molar-refractivity contribution in [3.8, 4) is 62.1 Å². The molecule has 0 aliphatic rings. The van der Waals surface area contributed by atoms with Crippen molar-refractivity contribution in [1.29, 1.82) is 0 Å². The minimum atomic E-state index is 0.588. The molecule has 0 spiro atoms. The van der Waals surface area contributed by atoms with Crippen LogP contribution >= 0.6 is 0 Å². The van der Waals surface area contributed by atoms with Crippen LogP contribution in [-0.4, -0.2) is 19.5 Å². The summed E-state index contributed by atoms with van der Waals surface area (Å²) in [4.78, 5) is 15.0. The molecule has 0 saturated carbocycles. The maximum Gasteiger partial charge on any atom is 0.164 e. The number of fused-ring (bicyclic) bond motifs is 6. The zero-order valence-corrected chi connectivity index (χ0v) is 30.2. The zero-order chi connectivity index (χ0) is 37.0. The molecule has 0 aliphatic carbocycles. The van der Waals surface area contributed by atoms with E-state index in [1.54, 1.807) is 0 Å². The van der Waals surface area contributed by atoms with E-state index in [1.165, 1.54) is 22.1 Å². The van der Waals surface area contributed by atoms with Crippen molar-refractivity contribution in [2.45, 2.75) is 0 Å². The van der Waals surface area contributed by atoms with Crippen LogP contribution in [-0.2, 0) is 0 Å². The van der Waals surface area contributed by atoms with Gasteiger partial charge in [-0.3, -0.25) is 0 Å². The van der Waals surface area contributed by atoms with Crippen LogP contribution in [0.15, 0.2) is 199 Å². The van der Waals surface area contributed by atoms with Crippen LogP contribution in [0, 0.1) is 0 Å². The van der Waals surface area contributed by atoms with E-state index in [4.69, 9.17) is 19.4 Å². The molecule has 0 saturated heterocycles. The fraction of sp³-hybridized carbons (Fsp3) is 0. The van der Waals surface area contributed by atoms with Crippen molar-refractivity contribution in [2.24, 2.45) is 0 Å². The van der Waals surface area contributed by atoms with Gasteiger partial charge < -0.3 is 8.98 Å². The maximum atomic E-state index is 6.66. The molecule has 0 amide bonds. The van der Waals surface area contributed by atoms with Gasteiger partial charge in [0.15, 0.2) is 17.5 Å². The van der Waals surface area contributed by atoms with E-state index in [-0.39, 0.29) is 0 Å². The highest BCUT2D eigenvalue weighted by Gasteiger charge is 2.18. The van der Waals surface area contributed by atoms with Gasteiger partial charge in [-0.2, -0.15) is 0 Å². The van der Waals surface area contributed by atoms with E-state index in [1.807, 2.05) is 36.4 Å². The summed E-state index contributed by atoms with van der Waals surface area (Å²) in [7, 11) is 0. The van der Waals surface area contributed by atoms with Gasteiger partial charge in [-0.1, -0.05) is 152 Å². The first-order chi connectivity index (χ1) is 27.7. The zero-order valence-electron chi connectivity index (χ0n) is 30.2. The largest absolute Gasteiger partial charge is 0.456 e. The summed E-state index contributed by atoms with van der Waals surface area (Å²) in [5.41, 5.74) is 12.4. The van der Waals surface area contributed by atoms with Gasteiger partial charge in [0.1, 0.15) is 11.2 Å². The Morgan fingerprint density at radius 2 is 0.768 bits per heavy atom. The molecule has 11 aromatic rings. The molecule has 0 N–H and O–H groups in total. The molecule has 11 rings (SSSR count). The summed E-state index contributed by atoms with van der Waals surface area (Å²) < 4.78 is 9.01. The number of hydrogen-bond acceptors (Lipinski definition) is 4. The first-order valence-electron chi connectivity index (χ1n) is 18.8. The summed E-state index contributed by atoms with van der Waals surface area (Å²) in [5, 5.41) is 4.42. The predicted octanol–water partition coefficient (Wildman–Crippen LogP) is 13.2. The second kappa shape index (κ2) is 13.0. The van der Waals surface area contributed by atoms with Gasteiger partial charge in [-0.15, -0.1) is 0 Å². The average Bonchev–Trinajstić information content (AvgIpc) is 3.80. The van der Waals surface area contributed by atoms with Crippen LogP contribution in [0.3, 0.4) is 0 Å². The van der Waals surface area contributed by atoms with Crippen LogP contribution in [0.4, 0.5) is 0 Å². The topological polar surface area (TPSA) is 56.7 Å². The lowest BCUT2D eigenvalue weighted by molar-refractivity contribution is 0.669. The minimum Gasteiger partial charge on any atom is -0.456 e. The standard InChI is InChI=1S/C51H32N4O/c1-4-12-33(13-5-1)35-20-22-38(23-21-35)50-52-49(37-16-8-3-9-17-37)53-51(54-50)39-26-29-42-44-31-46-43(32-48(44)56-47(42)30-39)41-18-10-11-19-45(41)55(46)40-27-24-36(25-28-40)34-14-6-2-7-15-34/h1-32H. The van der Waals surface area contributed by atoms with Gasteiger partial charge in [0.05, 0.1) is 11.0 Å². The molecule has 0 bridgehead atoms. The lowest BCUT2D eigenvalue weighted by atomic mass is 10.0. The minimum absolute atomic E-state index is 0.588. The van der Waals surface area contributed by atoms with Crippen molar-refractivity contribution in [3.05, 3.63) is 194 Å². The highest BCUT2D eigenvalue weighted by molar-refractivity contribution is 6.17. The van der Waals surface area contributed by atoms with E-state index < -0.39 is 0 Å². The Hall–Kier alpha value is -7.63. The number of furan rings is 1. The fourth-order valence-corrected chi connectivity index (χ4v) is 7.88. The molecule has 56 heavy (non-hydrogen) atoms. The Morgan fingerprint density at radius 1 is 0.304 bits per heavy atom. The number of rotatable bonds is 6. The van der Waals surface area contributed by atoms with Crippen molar-refractivity contribution in [1.82, 2.24) is 19.5 Å². The van der Waals surface area contributed by atoms with Crippen LogP contribution < -0.4 is 0 Å². The molecule has 0 atom stereocenters. The van der Waals surface area contributed by atoms with E-state index >= 15 is 0 Å². The second-order valence-corrected chi connectivity index (χ2v) is 14.1. The highest BCUT2D eigenvalue weighted by Crippen LogP contribution is 2.39. The third-order valence-corrected chi connectivity index (χ3v) is 10.7. The Morgan fingerprint density at radius 3 is 1.41 bits per heavy atom. The maximum absolute atomic E-state index is 6.66. The Kier molecular flexibility index (Phi) is 7.42. The molecule has 0 radical (unpaired) electrons. The van der Waals surface area contributed by atoms with Crippen molar-refractivity contribution < 1.29 is 4.42 Å². The quantitative estimate of drug-likeness (QED) is 0.172. The van der Waals surface area contributed by atoms with Crippen LogP contribution in [0.2, 0.25) is 0 Å². The third kappa shape index (κ3) is 5.45. The second-order valence-electron chi connectivity index (χ2n) is 14.1. The SMILES string of the molecule is c1ccc(-c2ccc(-c3nc(-c4ccccc4)nc(-c4ccc5c(c4)oc4cc6c7ccccc7n(-c7ccc(-c8ccccc8)cc7)c6cc45)n3)cc2)cc1. The summed E-state index contributed by atoms with van der Waals surface area (Å²) in [6, 6.07) is 67.5. The Labute approximate surface area is 322 Å². The molecule has 3 heterocycles. The number of para-hydroxylation sites is 1. The van der Waals surface area contributed by atoms with Gasteiger partial charge >= 0.3 is 0 Å². The molecule has 5 heteroatoms. The summed E-state index contributed by atoms with van der Waals surface area (Å²) in [5.74, 6) is 1.82. The summed E-state index contributed by atoms with van der Waals surface area (Å²) in [6.45, 7) is 0. The van der Waals surface area contributed by atoms with E-state index in [9.17, 15) is 0 Å². The molecular formula is C51H32N4O. The number of aromatic nitrogens is 4. The van der Waals surface area contributed by atoms with E-state index in [0.29, 0.717) is 17.5 Å². The predicted molar refractivity (Wildman–Crippen MR) is 229 cm³/mol. The highest BCUT2D eigenvalue weighted by atomic mass is 16.3. The molecule has 262 valence electrons. The first kappa shape index (κ1) is 31.9. The molecule has 0 unspecified atom stereocenters. The van der Waals surface area contributed by atoms with E-state index in [0.717, 1.165) is 66.3 Å². The summed E-state index contributed by atoms with van der Waals surface area (Å²) in [6.07, 6.45) is 0. The van der Waals surface area contributed by atoms with E-state index in [2.05, 4.69) is 162 Å². The fourth-order valence-electron chi connectivity index (χ4n) is 7.88. The van der Waals surface area contributed by atoms with Crippen LogP contribution in [0.5, 0.6) is 0 Å². The molecule has 0 aliphatic heterocycles. The molecule has 3 aromatic heterocycles. The Balaban J connectivity index is 1.03. The van der Waals surface area contributed by atoms with Gasteiger partial charge in [-0.25, -0.2) is 15.0 Å². The van der Waals surface area contributed by atoms with Crippen LogP contribution in [0.1, 0.15) is 0 Å². The molecule has 8 aromatic carbocycles. The van der Waals surface area contributed by atoms with Crippen molar-refractivity contribution >= 4 is 43.7 Å². The normalized spacial score (nSPS) is 11.6. The monoisotopic (exact) mass is 716 g/mol.